The second kappa shape index (κ2) is 10.5. The predicted molar refractivity (Wildman–Crippen MR) is 154 cm³/mol. The largest absolute Gasteiger partial charge is 0.473 e. The summed E-state index contributed by atoms with van der Waals surface area (Å²) in [4.78, 5) is 5.23. The molecule has 3 aromatic rings. The molecular weight excluding hydrogens is 489 g/mol. The lowest BCUT2D eigenvalue weighted by atomic mass is 9.69. The minimum atomic E-state index is -0.593. The third kappa shape index (κ3) is 4.96. The van der Waals surface area contributed by atoms with Crippen LogP contribution in [-0.4, -0.2) is 23.4 Å². The standard InChI is InChI=1S/C30H31ClNOPS/c1-21(32-29-26-16-15-23(31)18-22(26)19-33-29)28-27(14-9-17-30(28,2)20-35)34(24-10-5-3-6-11-24)25-12-7-4-8-13-25/h3-13,15-18,21,27-28,35H,14,19-20H2,1-2H3. The van der Waals surface area contributed by atoms with Gasteiger partial charge in [-0.3, -0.25) is 0 Å². The molecule has 0 fully saturated rings. The normalized spacial score (nSPS) is 25.5. The first kappa shape index (κ1) is 24.6. The van der Waals surface area contributed by atoms with E-state index in [-0.39, 0.29) is 11.5 Å². The van der Waals surface area contributed by atoms with Crippen LogP contribution in [-0.2, 0) is 11.3 Å². The van der Waals surface area contributed by atoms with E-state index in [9.17, 15) is 0 Å². The van der Waals surface area contributed by atoms with Gasteiger partial charge in [0.1, 0.15) is 6.61 Å². The van der Waals surface area contributed by atoms with Gasteiger partial charge >= 0.3 is 0 Å². The van der Waals surface area contributed by atoms with Gasteiger partial charge in [0.15, 0.2) is 0 Å². The van der Waals surface area contributed by atoms with Crippen LogP contribution >= 0.6 is 32.2 Å². The lowest BCUT2D eigenvalue weighted by Crippen LogP contribution is -2.46. The van der Waals surface area contributed by atoms with E-state index in [4.69, 9.17) is 34.0 Å². The summed E-state index contributed by atoms with van der Waals surface area (Å²) in [6, 6.07) is 28.0. The number of nitrogens with zero attached hydrogens (tertiary/aromatic N) is 1. The molecule has 35 heavy (non-hydrogen) atoms. The summed E-state index contributed by atoms with van der Waals surface area (Å²) in [6.45, 7) is 5.13. The highest BCUT2D eigenvalue weighted by Gasteiger charge is 2.46. The first-order chi connectivity index (χ1) is 17.0. The van der Waals surface area contributed by atoms with Gasteiger partial charge in [-0.25, -0.2) is 4.99 Å². The quantitative estimate of drug-likeness (QED) is 0.211. The van der Waals surface area contributed by atoms with E-state index in [0.29, 0.717) is 18.2 Å². The fourth-order valence-electron chi connectivity index (χ4n) is 5.67. The van der Waals surface area contributed by atoms with Crippen LogP contribution < -0.4 is 10.6 Å². The number of allylic oxidation sites excluding steroid dienone is 2. The molecule has 1 aliphatic heterocycles. The van der Waals surface area contributed by atoms with Gasteiger partial charge in [-0.15, -0.1) is 0 Å². The summed E-state index contributed by atoms with van der Waals surface area (Å²) < 4.78 is 6.07. The number of halogens is 1. The summed E-state index contributed by atoms with van der Waals surface area (Å²) >= 11 is 11.1. The van der Waals surface area contributed by atoms with Crippen LogP contribution in [0.3, 0.4) is 0 Å². The van der Waals surface area contributed by atoms with Crippen LogP contribution in [0, 0.1) is 11.3 Å². The average molecular weight is 520 g/mol. The van der Waals surface area contributed by atoms with Crippen molar-refractivity contribution in [2.24, 2.45) is 16.3 Å². The maximum atomic E-state index is 6.22. The molecule has 180 valence electrons. The van der Waals surface area contributed by atoms with Crippen molar-refractivity contribution < 1.29 is 4.74 Å². The smallest absolute Gasteiger partial charge is 0.217 e. The molecule has 5 heteroatoms. The summed E-state index contributed by atoms with van der Waals surface area (Å²) in [5.41, 5.74) is 2.53. The van der Waals surface area contributed by atoms with Crippen LogP contribution in [0.2, 0.25) is 5.02 Å². The van der Waals surface area contributed by atoms with Crippen molar-refractivity contribution in [2.45, 2.75) is 38.6 Å². The lowest BCUT2D eigenvalue weighted by molar-refractivity contribution is 0.228. The summed E-state index contributed by atoms with van der Waals surface area (Å²) in [7, 11) is -0.593. The Morgan fingerprint density at radius 2 is 1.71 bits per heavy atom. The van der Waals surface area contributed by atoms with E-state index in [2.05, 4.69) is 86.7 Å². The molecule has 5 rings (SSSR count). The number of thiol groups is 1. The van der Waals surface area contributed by atoms with Crippen molar-refractivity contribution in [3.05, 3.63) is 107 Å². The third-order valence-electron chi connectivity index (χ3n) is 7.30. The number of aliphatic imine (C=N–C) groups is 1. The highest BCUT2D eigenvalue weighted by atomic mass is 35.5. The number of hydrogen-bond donors (Lipinski definition) is 1. The van der Waals surface area contributed by atoms with Crippen molar-refractivity contribution >= 4 is 48.7 Å². The maximum Gasteiger partial charge on any atom is 0.217 e. The van der Waals surface area contributed by atoms with Crippen molar-refractivity contribution in [3.8, 4) is 0 Å². The Kier molecular flexibility index (Phi) is 7.39. The molecule has 4 unspecified atom stereocenters. The minimum Gasteiger partial charge on any atom is -0.473 e. The first-order valence-corrected chi connectivity index (χ1v) is 14.6. The SMILES string of the molecule is CC(N=C1OCc2cc(Cl)ccc21)C1C(P(c2ccccc2)c2ccccc2)CC=CC1(C)CS. The molecule has 4 atom stereocenters. The van der Waals surface area contributed by atoms with Gasteiger partial charge < -0.3 is 4.74 Å². The Morgan fingerprint density at radius 1 is 1.06 bits per heavy atom. The number of rotatable bonds is 6. The van der Waals surface area contributed by atoms with Gasteiger partial charge in [-0.2, -0.15) is 12.6 Å². The predicted octanol–water partition coefficient (Wildman–Crippen LogP) is 7.02. The molecule has 0 radical (unpaired) electrons. The Morgan fingerprint density at radius 3 is 2.34 bits per heavy atom. The molecule has 0 aromatic heterocycles. The Balaban J connectivity index is 1.58. The van der Waals surface area contributed by atoms with E-state index in [1.54, 1.807) is 0 Å². The maximum absolute atomic E-state index is 6.22. The molecule has 1 aliphatic carbocycles. The zero-order valence-corrected chi connectivity index (χ0v) is 22.7. The van der Waals surface area contributed by atoms with Crippen molar-refractivity contribution in [2.75, 3.05) is 5.75 Å². The van der Waals surface area contributed by atoms with Crippen LogP contribution in [0.5, 0.6) is 0 Å². The van der Waals surface area contributed by atoms with Gasteiger partial charge in [-0.05, 0) is 72.8 Å². The molecular formula is C30H31ClNOPS. The van der Waals surface area contributed by atoms with Gasteiger partial charge in [-0.1, -0.05) is 91.3 Å². The van der Waals surface area contributed by atoms with E-state index < -0.39 is 7.92 Å². The minimum absolute atomic E-state index is 0.0659. The molecule has 0 spiro atoms. The van der Waals surface area contributed by atoms with Gasteiger partial charge in [0.25, 0.3) is 0 Å². The molecule has 3 aromatic carbocycles. The van der Waals surface area contributed by atoms with Gasteiger partial charge in [0.2, 0.25) is 5.90 Å². The van der Waals surface area contributed by atoms with E-state index in [0.717, 1.165) is 34.2 Å². The van der Waals surface area contributed by atoms with Crippen molar-refractivity contribution in [1.29, 1.82) is 0 Å². The zero-order valence-electron chi connectivity index (χ0n) is 20.1. The Labute approximate surface area is 220 Å². The average Bonchev–Trinajstić information content (AvgIpc) is 3.27. The highest BCUT2D eigenvalue weighted by molar-refractivity contribution is 7.80. The molecule has 0 bridgehead atoms. The topological polar surface area (TPSA) is 21.6 Å². The first-order valence-electron chi connectivity index (χ1n) is 12.2. The highest BCUT2D eigenvalue weighted by Crippen LogP contribution is 2.54. The fraction of sp³-hybridized carbons (Fsp3) is 0.300. The van der Waals surface area contributed by atoms with Crippen LogP contribution in [0.25, 0.3) is 0 Å². The molecule has 0 amide bonds. The Hall–Kier alpha value is -2.06. The van der Waals surface area contributed by atoms with Crippen LogP contribution in [0.15, 0.2) is 96.0 Å². The summed E-state index contributed by atoms with van der Waals surface area (Å²) in [5.74, 6) is 1.83. The lowest BCUT2D eigenvalue weighted by Gasteiger charge is -2.47. The van der Waals surface area contributed by atoms with Gasteiger partial charge in [0.05, 0.1) is 6.04 Å². The van der Waals surface area contributed by atoms with Gasteiger partial charge in [0, 0.05) is 16.1 Å². The Bertz CT molecular complexity index is 1190. The van der Waals surface area contributed by atoms with Crippen LogP contribution in [0.1, 0.15) is 31.4 Å². The summed E-state index contributed by atoms with van der Waals surface area (Å²) in [5, 5.41) is 3.56. The number of fused-ring (bicyclic) bond motifs is 1. The van der Waals surface area contributed by atoms with E-state index in [1.165, 1.54) is 10.6 Å². The van der Waals surface area contributed by atoms with E-state index >= 15 is 0 Å². The molecule has 0 N–H and O–H groups in total. The molecule has 2 aliphatic rings. The second-order valence-corrected chi connectivity index (χ2v) is 12.9. The monoisotopic (exact) mass is 519 g/mol. The van der Waals surface area contributed by atoms with Crippen molar-refractivity contribution in [3.63, 3.8) is 0 Å². The second-order valence-electron chi connectivity index (χ2n) is 9.70. The van der Waals surface area contributed by atoms with Crippen molar-refractivity contribution in [1.82, 2.24) is 0 Å². The van der Waals surface area contributed by atoms with E-state index in [1.807, 2.05) is 18.2 Å². The number of benzene rings is 3. The molecule has 0 saturated heterocycles. The zero-order chi connectivity index (χ0) is 24.4. The van der Waals surface area contributed by atoms with Crippen LogP contribution in [0.4, 0.5) is 0 Å². The summed E-state index contributed by atoms with van der Waals surface area (Å²) in [6.07, 6.45) is 5.79. The number of hydrogen-bond acceptors (Lipinski definition) is 3. The molecule has 1 heterocycles. The molecule has 2 nitrogen and oxygen atoms in total. The molecule has 0 saturated carbocycles. The third-order valence-corrected chi connectivity index (χ3v) is 11.1. The number of ether oxygens (including phenoxy) is 1. The fourth-order valence-corrected chi connectivity index (χ4v) is 9.47.